The smallest absolute Gasteiger partial charge is 0.270 e. The van der Waals surface area contributed by atoms with Gasteiger partial charge in [0, 0.05) is 29.8 Å². The lowest BCUT2D eigenvalue weighted by atomic mass is 10.0. The first kappa shape index (κ1) is 16.7. The van der Waals surface area contributed by atoms with Crippen molar-refractivity contribution >= 4 is 11.4 Å². The highest BCUT2D eigenvalue weighted by Crippen LogP contribution is 2.50. The Hall–Kier alpha value is -3.20. The second-order valence-electron chi connectivity index (χ2n) is 5.60. The van der Waals surface area contributed by atoms with Crippen LogP contribution in [0.1, 0.15) is 18.6 Å². The van der Waals surface area contributed by atoms with E-state index in [0.29, 0.717) is 5.75 Å². The molecule has 3 unspecified atom stereocenters. The van der Waals surface area contributed by atoms with Gasteiger partial charge in [-0.05, 0) is 25.1 Å². The van der Waals surface area contributed by atoms with E-state index >= 15 is 0 Å². The predicted octanol–water partition coefficient (Wildman–Crippen LogP) is 3.12. The van der Waals surface area contributed by atoms with Gasteiger partial charge in [-0.3, -0.25) is 20.2 Å². The third-order valence-electron chi connectivity index (χ3n) is 3.87. The van der Waals surface area contributed by atoms with Crippen molar-refractivity contribution in [2.45, 2.75) is 25.2 Å². The van der Waals surface area contributed by atoms with Crippen LogP contribution in [-0.2, 0) is 4.74 Å². The Kier molecular flexibility index (Phi) is 4.24. The monoisotopic (exact) mass is 346 g/mol. The summed E-state index contributed by atoms with van der Waals surface area (Å²) in [4.78, 5) is 19.7. The Morgan fingerprint density at radius 2 is 1.60 bits per heavy atom. The number of nitro groups is 2. The molecule has 1 saturated heterocycles. The van der Waals surface area contributed by atoms with Gasteiger partial charge in [-0.1, -0.05) is 0 Å². The number of benzene rings is 2. The number of phenolic OH excluding ortho intramolecular Hbond substituents is 1. The van der Waals surface area contributed by atoms with Crippen LogP contribution in [0, 0.1) is 20.2 Å². The highest BCUT2D eigenvalue weighted by molar-refractivity contribution is 5.48. The van der Waals surface area contributed by atoms with Crippen molar-refractivity contribution in [3.8, 4) is 11.5 Å². The first-order valence-corrected chi connectivity index (χ1v) is 7.40. The molecule has 2 aromatic carbocycles. The molecule has 1 N–H and O–H groups in total. The maximum Gasteiger partial charge on any atom is 0.270 e. The Morgan fingerprint density at radius 1 is 1.00 bits per heavy atom. The highest BCUT2D eigenvalue weighted by Gasteiger charge is 2.50. The van der Waals surface area contributed by atoms with E-state index in [0.717, 1.165) is 5.56 Å². The van der Waals surface area contributed by atoms with Crippen LogP contribution >= 0.6 is 0 Å². The number of hydrogen-bond acceptors (Lipinski definition) is 7. The van der Waals surface area contributed by atoms with Crippen molar-refractivity contribution in [2.24, 2.45) is 0 Å². The molecule has 0 radical (unpaired) electrons. The van der Waals surface area contributed by atoms with E-state index < -0.39 is 9.85 Å². The SMILES string of the molecule is CC1Oc2ccc([N+](=O)[O-])cc2C2OC12.O=[N+]([O-])c1ccc(O)cc1. The van der Waals surface area contributed by atoms with Gasteiger partial charge in [-0.15, -0.1) is 0 Å². The van der Waals surface area contributed by atoms with Crippen molar-refractivity contribution in [1.29, 1.82) is 0 Å². The van der Waals surface area contributed by atoms with Gasteiger partial charge in [0.2, 0.25) is 0 Å². The van der Waals surface area contributed by atoms with Crippen LogP contribution in [0.15, 0.2) is 42.5 Å². The molecule has 0 aromatic heterocycles. The first-order chi connectivity index (χ1) is 11.9. The van der Waals surface area contributed by atoms with Crippen LogP contribution in [0.5, 0.6) is 11.5 Å². The fraction of sp³-hybridized carbons (Fsp3) is 0.250. The summed E-state index contributed by atoms with van der Waals surface area (Å²) in [7, 11) is 0. The number of aromatic hydroxyl groups is 1. The Bertz CT molecular complexity index is 822. The molecule has 25 heavy (non-hydrogen) atoms. The zero-order chi connectivity index (χ0) is 18.1. The van der Waals surface area contributed by atoms with Gasteiger partial charge in [-0.25, -0.2) is 0 Å². The Labute approximate surface area is 141 Å². The van der Waals surface area contributed by atoms with Gasteiger partial charge in [0.25, 0.3) is 11.4 Å². The molecule has 2 aromatic rings. The number of fused-ring (bicyclic) bond motifs is 3. The van der Waals surface area contributed by atoms with Crippen LogP contribution in [0.2, 0.25) is 0 Å². The Morgan fingerprint density at radius 3 is 2.20 bits per heavy atom. The summed E-state index contributed by atoms with van der Waals surface area (Å²) in [5.74, 6) is 0.734. The molecule has 130 valence electrons. The van der Waals surface area contributed by atoms with E-state index in [-0.39, 0.29) is 35.4 Å². The molecule has 0 bridgehead atoms. The molecule has 3 atom stereocenters. The van der Waals surface area contributed by atoms with Crippen molar-refractivity contribution in [2.75, 3.05) is 0 Å². The maximum atomic E-state index is 10.6. The maximum absolute atomic E-state index is 10.6. The number of nitrogens with zero attached hydrogens (tertiary/aromatic N) is 2. The number of phenols is 1. The number of nitro benzene ring substituents is 2. The second-order valence-corrected chi connectivity index (χ2v) is 5.60. The fourth-order valence-corrected chi connectivity index (χ4v) is 2.55. The van der Waals surface area contributed by atoms with E-state index in [4.69, 9.17) is 14.6 Å². The quantitative estimate of drug-likeness (QED) is 0.502. The van der Waals surface area contributed by atoms with Gasteiger partial charge >= 0.3 is 0 Å². The molecule has 9 nitrogen and oxygen atoms in total. The minimum Gasteiger partial charge on any atom is -0.508 e. The molecular formula is C16H14N2O7. The standard InChI is InChI=1S/C10H9NO4.C6H5NO3/c1-5-9-10(15-9)7-4-6(11(12)13)2-3-8(7)14-5;8-6-3-1-5(2-4-6)7(9)10/h2-5,9-10H,1H3;1-4,8H. The minimum absolute atomic E-state index is 0.0105. The molecule has 2 heterocycles. The van der Waals surface area contributed by atoms with E-state index in [1.54, 1.807) is 6.07 Å². The van der Waals surface area contributed by atoms with E-state index in [1.165, 1.54) is 36.4 Å². The van der Waals surface area contributed by atoms with Crippen LogP contribution in [-0.4, -0.2) is 27.2 Å². The van der Waals surface area contributed by atoms with Gasteiger partial charge in [0.15, 0.2) is 0 Å². The number of epoxide rings is 1. The average molecular weight is 346 g/mol. The summed E-state index contributed by atoms with van der Waals surface area (Å²) in [6, 6.07) is 9.67. The van der Waals surface area contributed by atoms with Crippen molar-refractivity contribution < 1.29 is 24.4 Å². The van der Waals surface area contributed by atoms with E-state index in [1.807, 2.05) is 6.92 Å². The van der Waals surface area contributed by atoms with Gasteiger partial charge in [0.1, 0.15) is 29.8 Å². The number of ether oxygens (including phenoxy) is 2. The van der Waals surface area contributed by atoms with Gasteiger partial charge in [-0.2, -0.15) is 0 Å². The number of non-ortho nitro benzene ring substituents is 2. The lowest BCUT2D eigenvalue weighted by Crippen LogP contribution is -2.23. The molecule has 2 aliphatic rings. The molecule has 2 aliphatic heterocycles. The van der Waals surface area contributed by atoms with Gasteiger partial charge in [0.05, 0.1) is 9.85 Å². The lowest BCUT2D eigenvalue weighted by Gasteiger charge is -2.19. The van der Waals surface area contributed by atoms with E-state index in [9.17, 15) is 20.2 Å². The molecule has 0 aliphatic carbocycles. The summed E-state index contributed by atoms with van der Waals surface area (Å²) in [6.45, 7) is 1.94. The summed E-state index contributed by atoms with van der Waals surface area (Å²) in [5.41, 5.74) is 0.867. The zero-order valence-electron chi connectivity index (χ0n) is 13.1. The van der Waals surface area contributed by atoms with E-state index in [2.05, 4.69) is 0 Å². The molecule has 0 saturated carbocycles. The normalized spacial score (nSPS) is 22.4. The fourth-order valence-electron chi connectivity index (χ4n) is 2.55. The predicted molar refractivity (Wildman–Crippen MR) is 85.6 cm³/mol. The van der Waals surface area contributed by atoms with Crippen LogP contribution in [0.25, 0.3) is 0 Å². The Balaban J connectivity index is 0.000000160. The van der Waals surface area contributed by atoms with Crippen molar-refractivity contribution in [1.82, 2.24) is 0 Å². The summed E-state index contributed by atoms with van der Waals surface area (Å²) in [5, 5.41) is 29.3. The molecule has 4 rings (SSSR count). The van der Waals surface area contributed by atoms with Crippen LogP contribution < -0.4 is 4.74 Å². The van der Waals surface area contributed by atoms with Crippen molar-refractivity contribution in [3.05, 3.63) is 68.3 Å². The number of hydrogen-bond donors (Lipinski definition) is 1. The third-order valence-corrected chi connectivity index (χ3v) is 3.87. The highest BCUT2D eigenvalue weighted by atomic mass is 16.6. The van der Waals surface area contributed by atoms with Crippen molar-refractivity contribution in [3.63, 3.8) is 0 Å². The second kappa shape index (κ2) is 6.36. The average Bonchev–Trinajstić information content (AvgIpc) is 3.37. The zero-order valence-corrected chi connectivity index (χ0v) is 13.1. The lowest BCUT2D eigenvalue weighted by molar-refractivity contribution is -0.385. The topological polar surface area (TPSA) is 128 Å². The molecule has 1 fully saturated rings. The summed E-state index contributed by atoms with van der Waals surface area (Å²) < 4.78 is 11.0. The van der Waals surface area contributed by atoms with Crippen LogP contribution in [0.4, 0.5) is 11.4 Å². The summed E-state index contributed by atoms with van der Waals surface area (Å²) >= 11 is 0. The summed E-state index contributed by atoms with van der Waals surface area (Å²) in [6.07, 6.45) is 0.0899. The molecule has 0 amide bonds. The van der Waals surface area contributed by atoms with Crippen LogP contribution in [0.3, 0.4) is 0 Å². The third kappa shape index (κ3) is 3.50. The number of rotatable bonds is 2. The largest absolute Gasteiger partial charge is 0.508 e. The minimum atomic E-state index is -0.514. The molecule has 9 heteroatoms. The van der Waals surface area contributed by atoms with Gasteiger partial charge < -0.3 is 14.6 Å². The molecule has 0 spiro atoms. The first-order valence-electron chi connectivity index (χ1n) is 7.40. The molecular weight excluding hydrogens is 332 g/mol.